The van der Waals surface area contributed by atoms with E-state index in [0.717, 1.165) is 65.1 Å². The van der Waals surface area contributed by atoms with Crippen LogP contribution < -0.4 is 0 Å². The number of hydrogen-bond acceptors (Lipinski definition) is 7. The zero-order valence-electron chi connectivity index (χ0n) is 18.8. The highest BCUT2D eigenvalue weighted by molar-refractivity contribution is 6.71. The molecule has 2 atom stereocenters. The molecule has 9 heteroatoms. The van der Waals surface area contributed by atoms with Crippen LogP contribution in [0.25, 0.3) is 0 Å². The lowest BCUT2D eigenvalue weighted by atomic mass is 10.5. The van der Waals surface area contributed by atoms with Crippen LogP contribution in [0.1, 0.15) is 19.8 Å². The molecule has 0 amide bonds. The van der Waals surface area contributed by atoms with Crippen molar-refractivity contribution in [3.63, 3.8) is 0 Å². The molecule has 2 rings (SSSR count). The lowest BCUT2D eigenvalue weighted by Gasteiger charge is -2.22. The number of epoxide rings is 2. The van der Waals surface area contributed by atoms with Gasteiger partial charge in [-0.05, 0) is 51.5 Å². The molecule has 0 aromatic carbocycles. The van der Waals surface area contributed by atoms with Crippen LogP contribution in [0.15, 0.2) is 0 Å². The van der Waals surface area contributed by atoms with Gasteiger partial charge in [-0.1, -0.05) is 0 Å². The molecule has 2 heterocycles. The standard InChI is InChI=1S/C10H22O3Si.C9H20O4Si/c1-4-13-14(2,3)7-5-6-11-8-10-9-12-10;1-10-14(3,11-2)6-4-5-12-7-9-8-13-9/h10H,4-9H2,1-3H3;9H,4-8H2,1-3H3. The first-order chi connectivity index (χ1) is 13.3. The van der Waals surface area contributed by atoms with Crippen molar-refractivity contribution >= 4 is 16.9 Å². The molecule has 0 radical (unpaired) electrons. The Kier molecular flexibility index (Phi) is 13.3. The van der Waals surface area contributed by atoms with Crippen molar-refractivity contribution in [1.82, 2.24) is 0 Å². The van der Waals surface area contributed by atoms with E-state index in [-0.39, 0.29) is 0 Å². The van der Waals surface area contributed by atoms with E-state index in [1.807, 2.05) is 0 Å². The zero-order chi connectivity index (χ0) is 20.9. The predicted molar refractivity (Wildman–Crippen MR) is 115 cm³/mol. The SMILES string of the molecule is CCO[Si](C)(C)CCCOCC1CO1.CO[Si](C)(CCCOCC1CO1)OC. The number of ether oxygens (including phenoxy) is 4. The van der Waals surface area contributed by atoms with Crippen LogP contribution in [-0.2, 0) is 32.2 Å². The van der Waals surface area contributed by atoms with Crippen LogP contribution in [0.2, 0.25) is 31.7 Å². The Morgan fingerprint density at radius 1 is 0.821 bits per heavy atom. The average Bonchev–Trinajstić information content (AvgIpc) is 3.56. The maximum absolute atomic E-state index is 5.73. The Labute approximate surface area is 173 Å². The first-order valence-corrected chi connectivity index (χ1v) is 16.1. The minimum atomic E-state index is -1.87. The van der Waals surface area contributed by atoms with Gasteiger partial charge < -0.3 is 32.2 Å². The van der Waals surface area contributed by atoms with Crippen molar-refractivity contribution in [2.24, 2.45) is 0 Å². The Balaban J connectivity index is 0.000000280. The summed E-state index contributed by atoms with van der Waals surface area (Å²) in [4.78, 5) is 0. The second-order valence-corrected chi connectivity index (χ2v) is 15.9. The molecule has 7 nitrogen and oxygen atoms in total. The third-order valence-corrected chi connectivity index (χ3v) is 10.4. The van der Waals surface area contributed by atoms with Gasteiger partial charge in [-0.2, -0.15) is 0 Å². The third kappa shape index (κ3) is 14.2. The second-order valence-electron chi connectivity index (χ2n) is 8.00. The third-order valence-electron chi connectivity index (χ3n) is 4.80. The van der Waals surface area contributed by atoms with Gasteiger partial charge in [-0.3, -0.25) is 0 Å². The van der Waals surface area contributed by atoms with Crippen LogP contribution in [0, 0.1) is 0 Å². The van der Waals surface area contributed by atoms with Gasteiger partial charge in [-0.25, -0.2) is 0 Å². The fourth-order valence-electron chi connectivity index (χ4n) is 2.60. The molecule has 168 valence electrons. The summed E-state index contributed by atoms with van der Waals surface area (Å²) < 4.78 is 37.4. The van der Waals surface area contributed by atoms with Crippen LogP contribution in [-0.4, -0.2) is 89.6 Å². The molecule has 0 bridgehead atoms. The highest BCUT2D eigenvalue weighted by Gasteiger charge is 2.28. The van der Waals surface area contributed by atoms with E-state index in [4.69, 9.17) is 32.2 Å². The molecule has 0 aromatic rings. The quantitative estimate of drug-likeness (QED) is 0.208. The van der Waals surface area contributed by atoms with Gasteiger partial charge in [0, 0.05) is 34.0 Å². The monoisotopic (exact) mass is 438 g/mol. The summed E-state index contributed by atoms with van der Waals surface area (Å²) in [6.45, 7) is 14.4. The summed E-state index contributed by atoms with van der Waals surface area (Å²) in [5.41, 5.74) is 0. The summed E-state index contributed by atoms with van der Waals surface area (Å²) in [5.74, 6) is 0. The fourth-order valence-corrected chi connectivity index (χ4v) is 5.89. The Hall–Kier alpha value is 0.154. The molecule has 2 fully saturated rings. The van der Waals surface area contributed by atoms with Crippen molar-refractivity contribution in [1.29, 1.82) is 0 Å². The maximum atomic E-state index is 5.73. The van der Waals surface area contributed by atoms with Crippen molar-refractivity contribution in [2.75, 3.05) is 60.5 Å². The molecule has 2 saturated heterocycles. The summed E-state index contributed by atoms with van der Waals surface area (Å²) in [6, 6.07) is 2.16. The van der Waals surface area contributed by atoms with Gasteiger partial charge >= 0.3 is 8.56 Å². The van der Waals surface area contributed by atoms with E-state index in [9.17, 15) is 0 Å². The van der Waals surface area contributed by atoms with E-state index >= 15 is 0 Å². The first-order valence-electron chi connectivity index (χ1n) is 10.5. The van der Waals surface area contributed by atoms with Gasteiger partial charge in [0.1, 0.15) is 12.2 Å². The lowest BCUT2D eigenvalue weighted by molar-refractivity contribution is 0.114. The second kappa shape index (κ2) is 14.2. The fraction of sp³-hybridized carbons (Fsp3) is 1.00. The topological polar surface area (TPSA) is 71.2 Å². The molecule has 0 aromatic heterocycles. The minimum absolute atomic E-state index is 0.364. The molecule has 0 spiro atoms. The van der Waals surface area contributed by atoms with Gasteiger partial charge in [0.25, 0.3) is 0 Å². The van der Waals surface area contributed by atoms with Crippen molar-refractivity contribution in [3.05, 3.63) is 0 Å². The Morgan fingerprint density at radius 2 is 1.29 bits per heavy atom. The van der Waals surface area contributed by atoms with Crippen LogP contribution in [0.4, 0.5) is 0 Å². The molecular weight excluding hydrogens is 396 g/mol. The first kappa shape index (κ1) is 26.2. The zero-order valence-corrected chi connectivity index (χ0v) is 20.8. The van der Waals surface area contributed by atoms with Gasteiger partial charge in [0.2, 0.25) is 0 Å². The van der Waals surface area contributed by atoms with Gasteiger partial charge in [0.15, 0.2) is 8.32 Å². The molecular formula is C19H42O7Si2. The highest BCUT2D eigenvalue weighted by atomic mass is 28.4. The van der Waals surface area contributed by atoms with Crippen LogP contribution in [0.5, 0.6) is 0 Å². The maximum Gasteiger partial charge on any atom is 0.334 e. The normalized spacial score (nSPS) is 21.2. The average molecular weight is 439 g/mol. The predicted octanol–water partition coefficient (Wildman–Crippen LogP) is 3.19. The van der Waals surface area contributed by atoms with E-state index in [1.54, 1.807) is 14.2 Å². The summed E-state index contributed by atoms with van der Waals surface area (Å²) in [7, 11) is 0.187. The van der Waals surface area contributed by atoms with E-state index in [1.165, 1.54) is 6.04 Å². The Morgan fingerprint density at radius 3 is 1.68 bits per heavy atom. The molecule has 2 aliphatic heterocycles. The van der Waals surface area contributed by atoms with Crippen molar-refractivity contribution in [3.8, 4) is 0 Å². The molecule has 0 N–H and O–H groups in total. The number of hydrogen-bond donors (Lipinski definition) is 0. The largest absolute Gasteiger partial charge is 0.418 e. The molecule has 2 aliphatic rings. The summed E-state index contributed by atoms with van der Waals surface area (Å²) >= 11 is 0. The highest BCUT2D eigenvalue weighted by Crippen LogP contribution is 2.15. The number of rotatable bonds is 16. The molecule has 0 aliphatic carbocycles. The van der Waals surface area contributed by atoms with Crippen LogP contribution in [0.3, 0.4) is 0 Å². The Bertz CT molecular complexity index is 386. The van der Waals surface area contributed by atoms with E-state index < -0.39 is 16.9 Å². The van der Waals surface area contributed by atoms with Crippen molar-refractivity contribution in [2.45, 2.75) is 63.7 Å². The van der Waals surface area contributed by atoms with Crippen LogP contribution >= 0.6 is 0 Å². The molecule has 28 heavy (non-hydrogen) atoms. The van der Waals surface area contributed by atoms with Gasteiger partial charge in [0.05, 0.1) is 26.4 Å². The molecule has 2 unspecified atom stereocenters. The summed E-state index contributed by atoms with van der Waals surface area (Å²) in [6.07, 6.45) is 2.87. The van der Waals surface area contributed by atoms with E-state index in [0.29, 0.717) is 12.2 Å². The smallest absolute Gasteiger partial charge is 0.334 e. The lowest BCUT2D eigenvalue weighted by Crippen LogP contribution is -2.36. The molecule has 0 saturated carbocycles. The minimum Gasteiger partial charge on any atom is -0.418 e. The van der Waals surface area contributed by atoms with E-state index in [2.05, 4.69) is 26.6 Å². The summed E-state index contributed by atoms with van der Waals surface area (Å²) in [5, 5.41) is 0. The van der Waals surface area contributed by atoms with Crippen molar-refractivity contribution < 1.29 is 32.2 Å². The van der Waals surface area contributed by atoms with Gasteiger partial charge in [-0.15, -0.1) is 0 Å².